The van der Waals surface area contributed by atoms with Crippen LogP contribution in [0.1, 0.15) is 29.2 Å². The summed E-state index contributed by atoms with van der Waals surface area (Å²) in [6.45, 7) is -0.0246. The molecule has 1 atom stereocenters. The summed E-state index contributed by atoms with van der Waals surface area (Å²) in [5.41, 5.74) is 9.75. The summed E-state index contributed by atoms with van der Waals surface area (Å²) < 4.78 is 40.2. The van der Waals surface area contributed by atoms with Crippen molar-refractivity contribution in [3.05, 3.63) is 59.2 Å². The molecule has 0 fully saturated rings. The normalized spacial score (nSPS) is 14.8. The molecule has 28 heavy (non-hydrogen) atoms. The first-order valence-electron chi connectivity index (χ1n) is 8.53. The van der Waals surface area contributed by atoms with Crippen LogP contribution in [0.3, 0.4) is 0 Å². The molecule has 9 heteroatoms. The number of alkyl halides is 3. The molecule has 2 aromatic rings. The number of aliphatic imine (C=N–C) groups is 1. The predicted octanol–water partition coefficient (Wildman–Crippen LogP) is 4.15. The van der Waals surface area contributed by atoms with Crippen LogP contribution >= 0.6 is 24.0 Å². The van der Waals surface area contributed by atoms with Crippen molar-refractivity contribution >= 4 is 35.6 Å². The van der Waals surface area contributed by atoms with Crippen LogP contribution in [-0.4, -0.2) is 24.0 Å². The molecule has 0 radical (unpaired) electrons. The Morgan fingerprint density at radius 2 is 1.82 bits per heavy atom. The van der Waals surface area contributed by atoms with Gasteiger partial charge in [0.15, 0.2) is 5.96 Å². The minimum atomic E-state index is -4.75. The first-order valence-corrected chi connectivity index (χ1v) is 8.53. The van der Waals surface area contributed by atoms with Crippen molar-refractivity contribution in [3.63, 3.8) is 0 Å². The van der Waals surface area contributed by atoms with E-state index in [2.05, 4.69) is 21.1 Å². The monoisotopic (exact) mass is 507 g/mol. The molecular formula is C19H21F3IN3O2. The van der Waals surface area contributed by atoms with Crippen LogP contribution < -0.4 is 15.8 Å². The Morgan fingerprint density at radius 3 is 2.50 bits per heavy atom. The summed E-state index contributed by atoms with van der Waals surface area (Å²) in [5, 5.41) is 13.1. The van der Waals surface area contributed by atoms with E-state index >= 15 is 0 Å². The molecule has 1 unspecified atom stereocenters. The maximum absolute atomic E-state index is 12.2. The zero-order chi connectivity index (χ0) is 19.4. The largest absolute Gasteiger partial charge is 0.573 e. The van der Waals surface area contributed by atoms with Crippen molar-refractivity contribution < 1.29 is 23.0 Å². The number of halogens is 4. The second kappa shape index (κ2) is 9.46. The second-order valence-corrected chi connectivity index (χ2v) is 6.32. The number of hydrogen-bond acceptors (Lipinski definition) is 3. The van der Waals surface area contributed by atoms with Gasteiger partial charge in [-0.05, 0) is 60.2 Å². The first-order chi connectivity index (χ1) is 12.8. The van der Waals surface area contributed by atoms with Crippen molar-refractivity contribution in [1.29, 1.82) is 0 Å². The topological polar surface area (TPSA) is 79.9 Å². The van der Waals surface area contributed by atoms with Crippen LogP contribution in [0.15, 0.2) is 47.5 Å². The van der Waals surface area contributed by atoms with Gasteiger partial charge in [0, 0.05) is 5.69 Å². The molecule has 0 heterocycles. The lowest BCUT2D eigenvalue weighted by Gasteiger charge is -2.12. The average molecular weight is 507 g/mol. The summed E-state index contributed by atoms with van der Waals surface area (Å²) in [6.07, 6.45) is -2.44. The number of ether oxygens (including phenoxy) is 1. The van der Waals surface area contributed by atoms with Gasteiger partial charge in [-0.1, -0.05) is 18.2 Å². The SMILES string of the molecule is I.NC(=NCC(O)c1ccc(OC(F)(F)F)cc1)Nc1ccc2c(c1)CCC2. The molecule has 0 saturated carbocycles. The molecule has 0 aromatic heterocycles. The van der Waals surface area contributed by atoms with E-state index in [1.165, 1.54) is 23.3 Å². The molecule has 0 amide bonds. The molecule has 2 aromatic carbocycles. The van der Waals surface area contributed by atoms with Gasteiger partial charge < -0.3 is 20.9 Å². The second-order valence-electron chi connectivity index (χ2n) is 6.32. The van der Waals surface area contributed by atoms with E-state index in [1.807, 2.05) is 12.1 Å². The average Bonchev–Trinajstić information content (AvgIpc) is 3.06. The van der Waals surface area contributed by atoms with Gasteiger partial charge in [-0.3, -0.25) is 4.99 Å². The molecule has 152 valence electrons. The smallest absolute Gasteiger partial charge is 0.406 e. The molecule has 1 aliphatic carbocycles. The summed E-state index contributed by atoms with van der Waals surface area (Å²) in [5.74, 6) is -0.191. The van der Waals surface area contributed by atoms with Crippen LogP contribution in [0.25, 0.3) is 0 Å². The van der Waals surface area contributed by atoms with E-state index in [1.54, 1.807) is 0 Å². The number of aliphatic hydroxyl groups excluding tert-OH is 1. The molecule has 5 nitrogen and oxygen atoms in total. The third-order valence-electron chi connectivity index (χ3n) is 4.30. The number of nitrogens with zero attached hydrogens (tertiary/aromatic N) is 1. The molecule has 1 aliphatic rings. The predicted molar refractivity (Wildman–Crippen MR) is 112 cm³/mol. The van der Waals surface area contributed by atoms with Crippen molar-refractivity contribution in [1.82, 2.24) is 0 Å². The third kappa shape index (κ3) is 6.26. The van der Waals surface area contributed by atoms with Crippen molar-refractivity contribution in [2.24, 2.45) is 10.7 Å². The fourth-order valence-corrected chi connectivity index (χ4v) is 3.02. The Labute approximate surface area is 177 Å². The van der Waals surface area contributed by atoms with Gasteiger partial charge in [-0.25, -0.2) is 0 Å². The van der Waals surface area contributed by atoms with Crippen molar-refractivity contribution in [2.45, 2.75) is 31.7 Å². The lowest BCUT2D eigenvalue weighted by atomic mass is 10.1. The molecule has 0 spiro atoms. The Bertz CT molecular complexity index is 826. The molecular weight excluding hydrogens is 486 g/mol. The molecule has 4 N–H and O–H groups in total. The van der Waals surface area contributed by atoms with E-state index in [9.17, 15) is 18.3 Å². The highest BCUT2D eigenvalue weighted by atomic mass is 127. The minimum Gasteiger partial charge on any atom is -0.406 e. The number of nitrogens with one attached hydrogen (secondary N) is 1. The van der Waals surface area contributed by atoms with Crippen LogP contribution in [0.5, 0.6) is 5.75 Å². The number of benzene rings is 2. The van der Waals surface area contributed by atoms with Gasteiger partial charge in [0.1, 0.15) is 5.75 Å². The zero-order valence-electron chi connectivity index (χ0n) is 14.9. The number of aryl methyl sites for hydroxylation is 2. The summed E-state index contributed by atoms with van der Waals surface area (Å²) in [7, 11) is 0. The van der Waals surface area contributed by atoms with E-state index in [4.69, 9.17) is 5.73 Å². The number of hydrogen-bond donors (Lipinski definition) is 3. The van der Waals surface area contributed by atoms with Gasteiger partial charge in [-0.15, -0.1) is 37.1 Å². The highest BCUT2D eigenvalue weighted by Gasteiger charge is 2.31. The summed E-state index contributed by atoms with van der Waals surface area (Å²) in [6, 6.07) is 11.0. The Hall–Kier alpha value is -2.01. The Morgan fingerprint density at radius 1 is 1.14 bits per heavy atom. The maximum Gasteiger partial charge on any atom is 0.573 e. The number of aliphatic hydroxyl groups is 1. The zero-order valence-corrected chi connectivity index (χ0v) is 17.2. The summed E-state index contributed by atoms with van der Waals surface area (Å²) >= 11 is 0. The first kappa shape index (κ1) is 22.3. The Kier molecular flexibility index (Phi) is 7.53. The number of nitrogens with two attached hydrogens (primary N) is 1. The fraction of sp³-hybridized carbons (Fsp3) is 0.316. The van der Waals surface area contributed by atoms with Crippen molar-refractivity contribution in [2.75, 3.05) is 11.9 Å². The highest BCUT2D eigenvalue weighted by Crippen LogP contribution is 2.26. The highest BCUT2D eigenvalue weighted by molar-refractivity contribution is 14.0. The van der Waals surface area contributed by atoms with Crippen molar-refractivity contribution in [3.8, 4) is 5.75 Å². The van der Waals surface area contributed by atoms with Crippen LogP contribution in [0.2, 0.25) is 0 Å². The maximum atomic E-state index is 12.2. The molecule has 0 bridgehead atoms. The number of guanidine groups is 1. The van der Waals surface area contributed by atoms with Gasteiger partial charge in [-0.2, -0.15) is 0 Å². The van der Waals surface area contributed by atoms with E-state index < -0.39 is 12.5 Å². The quantitative estimate of drug-likeness (QED) is 0.323. The lowest BCUT2D eigenvalue weighted by molar-refractivity contribution is -0.274. The number of fused-ring (bicyclic) bond motifs is 1. The van der Waals surface area contributed by atoms with Gasteiger partial charge >= 0.3 is 6.36 Å². The molecule has 0 saturated heterocycles. The van der Waals surface area contributed by atoms with E-state index in [0.29, 0.717) is 5.56 Å². The van der Waals surface area contributed by atoms with Crippen LogP contribution in [0, 0.1) is 0 Å². The van der Waals surface area contributed by atoms with Gasteiger partial charge in [0.05, 0.1) is 12.6 Å². The fourth-order valence-electron chi connectivity index (χ4n) is 3.02. The van der Waals surface area contributed by atoms with E-state index in [0.717, 1.165) is 37.1 Å². The van der Waals surface area contributed by atoms with Gasteiger partial charge in [0.25, 0.3) is 0 Å². The minimum absolute atomic E-state index is 0. The van der Waals surface area contributed by atoms with Gasteiger partial charge in [0.2, 0.25) is 0 Å². The lowest BCUT2D eigenvalue weighted by Crippen LogP contribution is -2.23. The molecule has 3 rings (SSSR count). The van der Waals surface area contributed by atoms with Crippen LogP contribution in [0.4, 0.5) is 18.9 Å². The third-order valence-corrected chi connectivity index (χ3v) is 4.30. The number of rotatable bonds is 5. The standard InChI is InChI=1S/C19H20F3N3O2.HI/c20-19(21,22)27-16-8-5-13(6-9-16)17(26)11-24-18(23)25-15-7-4-12-2-1-3-14(12)10-15;/h4-10,17,26H,1-3,11H2,(H3,23,24,25);1H. The van der Waals surface area contributed by atoms with E-state index in [-0.39, 0.29) is 42.2 Å². The summed E-state index contributed by atoms with van der Waals surface area (Å²) in [4.78, 5) is 4.09. The van der Waals surface area contributed by atoms with Crippen LogP contribution in [-0.2, 0) is 12.8 Å². The Balaban J connectivity index is 0.00000280. The molecule has 0 aliphatic heterocycles. The number of anilines is 1.